The molecule has 0 aliphatic carbocycles. The first-order valence-electron chi connectivity index (χ1n) is 7.00. The Hall–Kier alpha value is -1.59. The summed E-state index contributed by atoms with van der Waals surface area (Å²) in [4.78, 5) is 11.8. The fraction of sp³-hybridized carbons (Fsp3) is 0.467. The molecular formula is C15H23ClN4O. The van der Waals surface area contributed by atoms with Gasteiger partial charge in [0.05, 0.1) is 11.7 Å². The minimum atomic E-state index is -0.00253. The minimum Gasteiger partial charge on any atom is -0.328 e. The van der Waals surface area contributed by atoms with Crippen LogP contribution >= 0.6 is 12.4 Å². The number of benzene rings is 1. The molecule has 1 aromatic heterocycles. The van der Waals surface area contributed by atoms with Crippen molar-refractivity contribution in [2.24, 2.45) is 5.73 Å². The van der Waals surface area contributed by atoms with Gasteiger partial charge in [-0.25, -0.2) is 0 Å². The van der Waals surface area contributed by atoms with E-state index in [-0.39, 0.29) is 30.4 Å². The highest BCUT2D eigenvalue weighted by Crippen LogP contribution is 2.21. The van der Waals surface area contributed by atoms with Crippen LogP contribution in [0, 0.1) is 0 Å². The lowest BCUT2D eigenvalue weighted by molar-refractivity contribution is -0.116. The number of nitrogens with two attached hydrogens (primary N) is 1. The Bertz CT molecular complexity index is 607. The van der Waals surface area contributed by atoms with Gasteiger partial charge in [0.1, 0.15) is 0 Å². The van der Waals surface area contributed by atoms with E-state index in [1.165, 1.54) is 0 Å². The van der Waals surface area contributed by atoms with Gasteiger partial charge in [0.25, 0.3) is 0 Å². The Morgan fingerprint density at radius 2 is 2.10 bits per heavy atom. The van der Waals surface area contributed by atoms with Crippen LogP contribution < -0.4 is 11.1 Å². The molecule has 0 fully saturated rings. The molecule has 2 aromatic rings. The fourth-order valence-electron chi connectivity index (χ4n) is 2.11. The zero-order valence-electron chi connectivity index (χ0n) is 12.7. The molecule has 0 radical (unpaired) electrons. The summed E-state index contributed by atoms with van der Waals surface area (Å²) >= 11 is 0. The number of fused-ring (bicyclic) bond motifs is 1. The zero-order chi connectivity index (χ0) is 14.7. The van der Waals surface area contributed by atoms with E-state index >= 15 is 0 Å². The van der Waals surface area contributed by atoms with Crippen molar-refractivity contribution in [3.05, 3.63) is 24.4 Å². The predicted octanol–water partition coefficient (Wildman–Crippen LogP) is 3.10. The van der Waals surface area contributed by atoms with Crippen LogP contribution in [0.5, 0.6) is 0 Å². The van der Waals surface area contributed by atoms with Crippen LogP contribution in [0.25, 0.3) is 10.9 Å². The molecule has 1 atom stereocenters. The third-order valence-electron chi connectivity index (χ3n) is 3.20. The van der Waals surface area contributed by atoms with Crippen LogP contribution in [0.3, 0.4) is 0 Å². The van der Waals surface area contributed by atoms with Gasteiger partial charge in [-0.2, -0.15) is 5.10 Å². The highest BCUT2D eigenvalue weighted by Gasteiger charge is 2.08. The maximum atomic E-state index is 11.8. The number of aromatic nitrogens is 2. The number of hydrogen-bond donors (Lipinski definition) is 2. The highest BCUT2D eigenvalue weighted by atomic mass is 35.5. The molecule has 116 valence electrons. The summed E-state index contributed by atoms with van der Waals surface area (Å²) in [6.07, 6.45) is 2.98. The second-order valence-corrected chi connectivity index (χ2v) is 5.52. The van der Waals surface area contributed by atoms with E-state index in [2.05, 4.69) is 24.3 Å². The Labute approximate surface area is 131 Å². The van der Waals surface area contributed by atoms with E-state index in [9.17, 15) is 4.79 Å². The molecule has 1 aromatic carbocycles. The molecule has 6 heteroatoms. The van der Waals surface area contributed by atoms with Gasteiger partial charge < -0.3 is 11.1 Å². The normalized spacial score (nSPS) is 12.2. The second kappa shape index (κ2) is 7.43. The van der Waals surface area contributed by atoms with Crippen molar-refractivity contribution in [3.63, 3.8) is 0 Å². The average Bonchev–Trinajstić information content (AvgIpc) is 2.79. The number of anilines is 1. The molecule has 21 heavy (non-hydrogen) atoms. The topological polar surface area (TPSA) is 72.9 Å². The molecule has 0 saturated carbocycles. The fourth-order valence-corrected chi connectivity index (χ4v) is 2.11. The smallest absolute Gasteiger partial charge is 0.224 e. The van der Waals surface area contributed by atoms with E-state index in [4.69, 9.17) is 5.73 Å². The average molecular weight is 311 g/mol. The number of carbonyl (C=O) groups excluding carboxylic acids is 1. The van der Waals surface area contributed by atoms with E-state index in [1.807, 2.05) is 36.0 Å². The molecule has 0 aliphatic heterocycles. The number of nitrogens with one attached hydrogen (secondary N) is 1. The van der Waals surface area contributed by atoms with Gasteiger partial charge in [0.15, 0.2) is 0 Å². The molecule has 2 rings (SSSR count). The first-order valence-corrected chi connectivity index (χ1v) is 7.00. The summed E-state index contributed by atoms with van der Waals surface area (Å²) < 4.78 is 1.95. The third-order valence-corrected chi connectivity index (χ3v) is 3.20. The standard InChI is InChI=1S/C15H22N4O.ClH/c1-10(2)19-14-8-13(6-5-12(14)9-17-19)18-15(20)7-4-11(3)16;/h5-6,8-11H,4,7,16H2,1-3H3,(H,18,20);1H. The summed E-state index contributed by atoms with van der Waals surface area (Å²) in [5, 5.41) is 8.35. The van der Waals surface area contributed by atoms with Crippen molar-refractivity contribution in [1.82, 2.24) is 9.78 Å². The first-order chi connectivity index (χ1) is 9.47. The predicted molar refractivity (Wildman–Crippen MR) is 88.9 cm³/mol. The number of rotatable bonds is 5. The van der Waals surface area contributed by atoms with Crippen molar-refractivity contribution < 1.29 is 4.79 Å². The molecule has 0 saturated heterocycles. The first kappa shape index (κ1) is 17.5. The second-order valence-electron chi connectivity index (χ2n) is 5.52. The summed E-state index contributed by atoms with van der Waals surface area (Å²) in [6, 6.07) is 6.18. The van der Waals surface area contributed by atoms with Crippen LogP contribution in [0.2, 0.25) is 0 Å². The molecule has 1 amide bonds. The third kappa shape index (κ3) is 4.44. The van der Waals surface area contributed by atoms with Crippen molar-refractivity contribution >= 4 is 34.9 Å². The van der Waals surface area contributed by atoms with Crippen molar-refractivity contribution in [2.75, 3.05) is 5.32 Å². The number of halogens is 1. The maximum Gasteiger partial charge on any atom is 0.224 e. The van der Waals surface area contributed by atoms with Crippen LogP contribution in [0.15, 0.2) is 24.4 Å². The van der Waals surface area contributed by atoms with Gasteiger partial charge in [-0.05, 0) is 45.4 Å². The Balaban J connectivity index is 0.00000220. The van der Waals surface area contributed by atoms with Gasteiger partial charge in [0.2, 0.25) is 5.91 Å². The van der Waals surface area contributed by atoms with Gasteiger partial charge in [0, 0.05) is 29.6 Å². The molecule has 3 N–H and O–H groups in total. The molecular weight excluding hydrogens is 288 g/mol. The Kier molecular flexibility index (Phi) is 6.18. The number of amides is 1. The van der Waals surface area contributed by atoms with Crippen LogP contribution in [0.1, 0.15) is 39.7 Å². The molecule has 1 heterocycles. The van der Waals surface area contributed by atoms with Crippen molar-refractivity contribution in [3.8, 4) is 0 Å². The zero-order valence-corrected chi connectivity index (χ0v) is 13.5. The quantitative estimate of drug-likeness (QED) is 0.891. The number of carbonyl (C=O) groups is 1. The van der Waals surface area contributed by atoms with Crippen LogP contribution in [0.4, 0.5) is 5.69 Å². The van der Waals surface area contributed by atoms with Gasteiger partial charge >= 0.3 is 0 Å². The van der Waals surface area contributed by atoms with E-state index in [0.29, 0.717) is 12.8 Å². The summed E-state index contributed by atoms with van der Waals surface area (Å²) in [5.74, 6) is -0.00253. The monoisotopic (exact) mass is 310 g/mol. The molecule has 1 unspecified atom stereocenters. The van der Waals surface area contributed by atoms with Crippen molar-refractivity contribution in [2.45, 2.75) is 45.7 Å². The summed E-state index contributed by atoms with van der Waals surface area (Å²) in [7, 11) is 0. The SMILES string of the molecule is CC(N)CCC(=O)Nc1ccc2cnn(C(C)C)c2c1.Cl. The van der Waals surface area contributed by atoms with Gasteiger partial charge in [-0.15, -0.1) is 12.4 Å². The Morgan fingerprint density at radius 3 is 2.71 bits per heavy atom. The van der Waals surface area contributed by atoms with E-state index < -0.39 is 0 Å². The molecule has 0 spiro atoms. The number of hydrogen-bond acceptors (Lipinski definition) is 3. The van der Waals surface area contributed by atoms with E-state index in [0.717, 1.165) is 16.6 Å². The lowest BCUT2D eigenvalue weighted by Gasteiger charge is -2.10. The molecule has 0 bridgehead atoms. The van der Waals surface area contributed by atoms with Gasteiger partial charge in [-0.1, -0.05) is 0 Å². The van der Waals surface area contributed by atoms with Gasteiger partial charge in [-0.3, -0.25) is 9.48 Å². The number of nitrogens with zero attached hydrogens (tertiary/aromatic N) is 2. The minimum absolute atomic E-state index is 0. The lowest BCUT2D eigenvalue weighted by atomic mass is 10.2. The van der Waals surface area contributed by atoms with E-state index in [1.54, 1.807) is 0 Å². The summed E-state index contributed by atoms with van der Waals surface area (Å²) in [5.41, 5.74) is 7.49. The summed E-state index contributed by atoms with van der Waals surface area (Å²) in [6.45, 7) is 6.07. The highest BCUT2D eigenvalue weighted by molar-refractivity contribution is 5.93. The van der Waals surface area contributed by atoms with Crippen molar-refractivity contribution in [1.29, 1.82) is 0 Å². The van der Waals surface area contributed by atoms with Crippen LogP contribution in [-0.4, -0.2) is 21.7 Å². The largest absolute Gasteiger partial charge is 0.328 e. The molecule has 0 aliphatic rings. The van der Waals surface area contributed by atoms with Crippen LogP contribution in [-0.2, 0) is 4.79 Å². The molecule has 5 nitrogen and oxygen atoms in total. The lowest BCUT2D eigenvalue weighted by Crippen LogP contribution is -2.19. The Morgan fingerprint density at radius 1 is 1.38 bits per heavy atom. The maximum absolute atomic E-state index is 11.8.